The third kappa shape index (κ3) is 5.59. The molecule has 3 aromatic rings. The summed E-state index contributed by atoms with van der Waals surface area (Å²) >= 11 is 11.8. The Morgan fingerprint density at radius 1 is 1.07 bits per heavy atom. The van der Waals surface area contributed by atoms with E-state index in [-0.39, 0.29) is 24.6 Å². The van der Waals surface area contributed by atoms with Crippen molar-refractivity contribution in [3.63, 3.8) is 0 Å². The van der Waals surface area contributed by atoms with Gasteiger partial charge in [0.15, 0.2) is 0 Å². The first kappa shape index (κ1) is 20.9. The van der Waals surface area contributed by atoms with Gasteiger partial charge < -0.3 is 10.1 Å². The lowest BCUT2D eigenvalue weighted by molar-refractivity contribution is 0.0951. The molecule has 8 heteroatoms. The second-order valence-corrected chi connectivity index (χ2v) is 7.02. The van der Waals surface area contributed by atoms with Crippen LogP contribution in [0.5, 0.6) is 5.75 Å². The lowest BCUT2D eigenvalue weighted by Gasteiger charge is -2.09. The monoisotopic (exact) mass is 431 g/mol. The summed E-state index contributed by atoms with van der Waals surface area (Å²) in [5, 5.41) is 7.88. The third-order valence-corrected chi connectivity index (χ3v) is 4.50. The summed E-state index contributed by atoms with van der Waals surface area (Å²) in [6.07, 6.45) is 0. The van der Waals surface area contributed by atoms with E-state index in [1.165, 1.54) is 22.9 Å². The van der Waals surface area contributed by atoms with E-state index in [1.54, 1.807) is 12.1 Å². The topological polar surface area (TPSA) is 73.2 Å². The number of amides is 1. The lowest BCUT2D eigenvalue weighted by atomic mass is 10.1. The van der Waals surface area contributed by atoms with Crippen LogP contribution in [0.3, 0.4) is 0 Å². The molecule has 0 radical (unpaired) electrons. The van der Waals surface area contributed by atoms with E-state index in [4.69, 9.17) is 27.9 Å². The fourth-order valence-corrected chi connectivity index (χ4v) is 3.24. The molecule has 0 bridgehead atoms. The van der Waals surface area contributed by atoms with Crippen molar-refractivity contribution in [1.82, 2.24) is 15.1 Å². The van der Waals surface area contributed by atoms with E-state index in [2.05, 4.69) is 10.4 Å². The fourth-order valence-electron chi connectivity index (χ4n) is 2.71. The number of rotatable bonds is 7. The quantitative estimate of drug-likeness (QED) is 0.612. The second-order valence-electron chi connectivity index (χ2n) is 6.15. The Balaban J connectivity index is 1.67. The van der Waals surface area contributed by atoms with Crippen molar-refractivity contribution >= 4 is 29.1 Å². The zero-order chi connectivity index (χ0) is 20.8. The number of halogens is 2. The summed E-state index contributed by atoms with van der Waals surface area (Å²) < 4.78 is 6.75. The maximum Gasteiger partial charge on any atom is 0.266 e. The Labute approximate surface area is 178 Å². The highest BCUT2D eigenvalue weighted by Gasteiger charge is 2.09. The van der Waals surface area contributed by atoms with Gasteiger partial charge in [-0.25, -0.2) is 4.68 Å². The molecule has 2 aromatic carbocycles. The van der Waals surface area contributed by atoms with Gasteiger partial charge in [0, 0.05) is 33.8 Å². The van der Waals surface area contributed by atoms with Gasteiger partial charge in [0.2, 0.25) is 0 Å². The number of carbonyl (C=O) groups is 1. The molecule has 0 atom stereocenters. The highest BCUT2D eigenvalue weighted by Crippen LogP contribution is 2.20. The smallest absolute Gasteiger partial charge is 0.266 e. The van der Waals surface area contributed by atoms with Crippen LogP contribution in [0.25, 0.3) is 11.3 Å². The molecule has 0 aliphatic carbocycles. The minimum absolute atomic E-state index is 0.225. The van der Waals surface area contributed by atoms with E-state index in [0.29, 0.717) is 27.9 Å². The minimum atomic E-state index is -0.329. The van der Waals surface area contributed by atoms with Crippen molar-refractivity contribution in [3.05, 3.63) is 80.6 Å². The van der Waals surface area contributed by atoms with Crippen molar-refractivity contribution in [2.75, 3.05) is 13.2 Å². The number of carbonyl (C=O) groups excluding carboxylic acids is 1. The van der Waals surface area contributed by atoms with Crippen LogP contribution in [0.4, 0.5) is 0 Å². The zero-order valence-electron chi connectivity index (χ0n) is 15.7. The van der Waals surface area contributed by atoms with E-state index < -0.39 is 0 Å². The first-order valence-corrected chi connectivity index (χ1v) is 9.77. The molecule has 0 aliphatic heterocycles. The Kier molecular flexibility index (Phi) is 6.90. The number of ether oxygens (including phenoxy) is 1. The first-order chi connectivity index (χ1) is 14.0. The van der Waals surface area contributed by atoms with Crippen LogP contribution < -0.4 is 15.6 Å². The minimum Gasteiger partial charge on any atom is -0.494 e. The summed E-state index contributed by atoms with van der Waals surface area (Å²) in [6.45, 7) is 2.97. The largest absolute Gasteiger partial charge is 0.494 e. The molecule has 0 saturated heterocycles. The van der Waals surface area contributed by atoms with Gasteiger partial charge in [-0.2, -0.15) is 5.10 Å². The Morgan fingerprint density at radius 3 is 2.41 bits per heavy atom. The van der Waals surface area contributed by atoms with Gasteiger partial charge in [-0.1, -0.05) is 23.2 Å². The number of nitrogens with one attached hydrogen (secondary N) is 1. The molecule has 150 valence electrons. The van der Waals surface area contributed by atoms with Crippen LogP contribution in [0.15, 0.2) is 59.4 Å². The van der Waals surface area contributed by atoms with Crippen LogP contribution in [-0.2, 0) is 6.54 Å². The number of benzene rings is 2. The molecule has 1 N–H and O–H groups in total. The average molecular weight is 432 g/mol. The van der Waals surface area contributed by atoms with Crippen molar-refractivity contribution in [2.45, 2.75) is 13.5 Å². The molecule has 0 aliphatic rings. The molecule has 29 heavy (non-hydrogen) atoms. The molecule has 1 heterocycles. The predicted molar refractivity (Wildman–Crippen MR) is 114 cm³/mol. The van der Waals surface area contributed by atoms with Gasteiger partial charge in [-0.05, 0) is 55.5 Å². The molecular weight excluding hydrogens is 413 g/mol. The molecule has 1 aromatic heterocycles. The molecule has 0 fully saturated rings. The van der Waals surface area contributed by atoms with Gasteiger partial charge >= 0.3 is 0 Å². The molecule has 6 nitrogen and oxygen atoms in total. The molecule has 0 spiro atoms. The number of hydrogen-bond donors (Lipinski definition) is 1. The number of hydrogen-bond acceptors (Lipinski definition) is 4. The van der Waals surface area contributed by atoms with Gasteiger partial charge in [-0.15, -0.1) is 0 Å². The molecular formula is C21H19Cl2N3O3. The van der Waals surface area contributed by atoms with Crippen LogP contribution >= 0.6 is 23.2 Å². The van der Waals surface area contributed by atoms with E-state index in [1.807, 2.05) is 31.2 Å². The standard InChI is InChI=1S/C21H19Cl2N3O3/c1-2-29-18-5-3-14(4-6-18)19-7-8-20(27)26(25-19)10-9-24-21(28)15-11-16(22)13-17(23)12-15/h3-8,11-13H,2,9-10H2,1H3,(H,24,28). The van der Waals surface area contributed by atoms with Gasteiger partial charge in [0.25, 0.3) is 11.5 Å². The fraction of sp³-hybridized carbons (Fsp3) is 0.190. The maximum atomic E-state index is 12.2. The number of nitrogens with zero attached hydrogens (tertiary/aromatic N) is 2. The number of aromatic nitrogens is 2. The van der Waals surface area contributed by atoms with Crippen LogP contribution in [0.2, 0.25) is 10.0 Å². The summed E-state index contributed by atoms with van der Waals surface area (Å²) in [5.41, 5.74) is 1.62. The highest BCUT2D eigenvalue weighted by molar-refractivity contribution is 6.35. The van der Waals surface area contributed by atoms with Crippen molar-refractivity contribution in [1.29, 1.82) is 0 Å². The van der Waals surface area contributed by atoms with Crippen molar-refractivity contribution in [3.8, 4) is 17.0 Å². The van der Waals surface area contributed by atoms with E-state index in [9.17, 15) is 9.59 Å². The molecule has 3 rings (SSSR count). The SMILES string of the molecule is CCOc1ccc(-c2ccc(=O)n(CCNC(=O)c3cc(Cl)cc(Cl)c3)n2)cc1. The van der Waals surface area contributed by atoms with Gasteiger partial charge in [-0.3, -0.25) is 9.59 Å². The summed E-state index contributed by atoms with van der Waals surface area (Å²) in [7, 11) is 0. The van der Waals surface area contributed by atoms with Crippen LogP contribution in [0, 0.1) is 0 Å². The Hall–Kier alpha value is -2.83. The Bertz CT molecular complexity index is 1050. The van der Waals surface area contributed by atoms with E-state index in [0.717, 1.165) is 11.3 Å². The summed E-state index contributed by atoms with van der Waals surface area (Å²) in [6, 6.07) is 15.2. The van der Waals surface area contributed by atoms with Gasteiger partial charge in [0.05, 0.1) is 18.8 Å². The van der Waals surface area contributed by atoms with Gasteiger partial charge in [0.1, 0.15) is 5.75 Å². The maximum absolute atomic E-state index is 12.2. The molecule has 1 amide bonds. The summed E-state index contributed by atoms with van der Waals surface area (Å²) in [5.74, 6) is 0.443. The first-order valence-electron chi connectivity index (χ1n) is 9.02. The van der Waals surface area contributed by atoms with E-state index >= 15 is 0 Å². The summed E-state index contributed by atoms with van der Waals surface area (Å²) in [4.78, 5) is 24.4. The second kappa shape index (κ2) is 9.58. The molecule has 0 saturated carbocycles. The van der Waals surface area contributed by atoms with Crippen molar-refractivity contribution < 1.29 is 9.53 Å². The highest BCUT2D eigenvalue weighted by atomic mass is 35.5. The van der Waals surface area contributed by atoms with Crippen molar-refractivity contribution in [2.24, 2.45) is 0 Å². The van der Waals surface area contributed by atoms with Crippen LogP contribution in [0.1, 0.15) is 17.3 Å². The van der Waals surface area contributed by atoms with Crippen LogP contribution in [-0.4, -0.2) is 28.8 Å². The predicted octanol–water partition coefficient (Wildman–Crippen LogP) is 4.05. The Morgan fingerprint density at radius 2 is 1.76 bits per heavy atom. The lowest BCUT2D eigenvalue weighted by Crippen LogP contribution is -2.32. The normalized spacial score (nSPS) is 10.6. The average Bonchev–Trinajstić information content (AvgIpc) is 2.69. The molecule has 0 unspecified atom stereocenters. The third-order valence-electron chi connectivity index (χ3n) is 4.06. The zero-order valence-corrected chi connectivity index (χ0v) is 17.2.